The van der Waals surface area contributed by atoms with Crippen LogP contribution in [0.4, 0.5) is 0 Å². The zero-order valence-corrected chi connectivity index (χ0v) is 18.0. The first-order valence-electron chi connectivity index (χ1n) is 9.71. The van der Waals surface area contributed by atoms with E-state index < -0.39 is 5.97 Å². The average molecular weight is 426 g/mol. The second-order valence-electron chi connectivity index (χ2n) is 7.16. The number of hydrogen-bond acceptors (Lipinski definition) is 4. The van der Waals surface area contributed by atoms with Crippen molar-refractivity contribution in [3.63, 3.8) is 0 Å². The molecule has 3 rings (SSSR count). The standard InChI is InChI=1S/C24H24ClNO4/c1-4-16-11-22(30-13-23(28)29)15(3)14(2)20(16)12-19-8-9-21(27)24(26-19)17-6-5-7-18(25)10-17/h5-11,27H,4,12-13H2,1-3H3,(H,28,29). The van der Waals surface area contributed by atoms with E-state index in [2.05, 4.69) is 11.9 Å². The van der Waals surface area contributed by atoms with E-state index in [4.69, 9.17) is 21.4 Å². The van der Waals surface area contributed by atoms with E-state index in [-0.39, 0.29) is 12.4 Å². The lowest BCUT2D eigenvalue weighted by molar-refractivity contribution is -0.139. The molecule has 156 valence electrons. The van der Waals surface area contributed by atoms with Gasteiger partial charge in [0.05, 0.1) is 0 Å². The number of rotatable bonds is 7. The van der Waals surface area contributed by atoms with Crippen molar-refractivity contribution in [3.05, 3.63) is 75.4 Å². The molecule has 0 amide bonds. The molecule has 0 fully saturated rings. The summed E-state index contributed by atoms with van der Waals surface area (Å²) in [5, 5.41) is 19.8. The number of ether oxygens (including phenoxy) is 1. The summed E-state index contributed by atoms with van der Waals surface area (Å²) in [7, 11) is 0. The third-order valence-corrected chi connectivity index (χ3v) is 5.43. The number of aryl methyl sites for hydroxylation is 1. The van der Waals surface area contributed by atoms with E-state index in [0.717, 1.165) is 39.9 Å². The zero-order chi connectivity index (χ0) is 21.8. The molecule has 1 heterocycles. The fourth-order valence-corrected chi connectivity index (χ4v) is 3.67. The molecule has 0 unspecified atom stereocenters. The van der Waals surface area contributed by atoms with Crippen LogP contribution in [-0.4, -0.2) is 27.8 Å². The molecule has 30 heavy (non-hydrogen) atoms. The van der Waals surface area contributed by atoms with Gasteiger partial charge in [0.1, 0.15) is 17.2 Å². The van der Waals surface area contributed by atoms with Crippen LogP contribution in [0.25, 0.3) is 11.3 Å². The van der Waals surface area contributed by atoms with Gasteiger partial charge in [0.15, 0.2) is 6.61 Å². The van der Waals surface area contributed by atoms with Gasteiger partial charge >= 0.3 is 5.97 Å². The number of carboxylic acid groups (broad SMARTS) is 1. The molecule has 1 aromatic heterocycles. The first kappa shape index (κ1) is 21.7. The molecular formula is C24H24ClNO4. The Morgan fingerprint density at radius 3 is 2.57 bits per heavy atom. The Labute approximate surface area is 180 Å². The van der Waals surface area contributed by atoms with Crippen molar-refractivity contribution in [2.45, 2.75) is 33.6 Å². The Kier molecular flexibility index (Phi) is 6.63. The summed E-state index contributed by atoms with van der Waals surface area (Å²) in [5.41, 5.74) is 6.24. The predicted octanol–water partition coefficient (Wildman–Crippen LogP) is 5.34. The molecule has 0 aliphatic carbocycles. The van der Waals surface area contributed by atoms with Crippen molar-refractivity contribution in [3.8, 4) is 22.8 Å². The van der Waals surface area contributed by atoms with Gasteiger partial charge in [0, 0.05) is 22.7 Å². The predicted molar refractivity (Wildman–Crippen MR) is 118 cm³/mol. The minimum absolute atomic E-state index is 0.0991. The van der Waals surface area contributed by atoms with Gasteiger partial charge in [-0.15, -0.1) is 0 Å². The number of aliphatic carboxylic acids is 1. The lowest BCUT2D eigenvalue weighted by Gasteiger charge is -2.18. The molecule has 0 saturated carbocycles. The minimum Gasteiger partial charge on any atom is -0.506 e. The number of aromatic hydroxyl groups is 1. The minimum atomic E-state index is -1.00. The van der Waals surface area contributed by atoms with Crippen LogP contribution < -0.4 is 4.74 Å². The highest BCUT2D eigenvalue weighted by Gasteiger charge is 2.16. The molecule has 0 aliphatic rings. The summed E-state index contributed by atoms with van der Waals surface area (Å²) in [4.78, 5) is 15.6. The first-order valence-corrected chi connectivity index (χ1v) is 10.1. The highest BCUT2D eigenvalue weighted by atomic mass is 35.5. The van der Waals surface area contributed by atoms with Gasteiger partial charge in [-0.05, 0) is 72.9 Å². The van der Waals surface area contributed by atoms with Crippen LogP contribution in [0.1, 0.15) is 34.9 Å². The second-order valence-corrected chi connectivity index (χ2v) is 7.59. The Balaban J connectivity index is 1.99. The third-order valence-electron chi connectivity index (χ3n) is 5.20. The molecule has 0 atom stereocenters. The van der Waals surface area contributed by atoms with E-state index in [0.29, 0.717) is 22.9 Å². The number of pyridine rings is 1. The molecule has 0 saturated heterocycles. The summed E-state index contributed by atoms with van der Waals surface area (Å²) in [6.07, 6.45) is 1.36. The van der Waals surface area contributed by atoms with E-state index in [1.54, 1.807) is 18.2 Å². The average Bonchev–Trinajstić information content (AvgIpc) is 2.72. The molecule has 0 bridgehead atoms. The van der Waals surface area contributed by atoms with E-state index in [1.807, 2.05) is 38.1 Å². The summed E-state index contributed by atoms with van der Waals surface area (Å²) in [5.74, 6) is -0.313. The van der Waals surface area contributed by atoms with Crippen LogP contribution in [0.15, 0.2) is 42.5 Å². The van der Waals surface area contributed by atoms with Crippen LogP contribution >= 0.6 is 11.6 Å². The summed E-state index contributed by atoms with van der Waals surface area (Å²) in [6.45, 7) is 5.62. The van der Waals surface area contributed by atoms with Crippen LogP contribution in [-0.2, 0) is 17.6 Å². The van der Waals surface area contributed by atoms with Gasteiger partial charge in [-0.25, -0.2) is 9.78 Å². The maximum atomic E-state index is 10.9. The smallest absolute Gasteiger partial charge is 0.341 e. The highest BCUT2D eigenvalue weighted by Crippen LogP contribution is 2.32. The van der Waals surface area contributed by atoms with Gasteiger partial charge in [0.25, 0.3) is 0 Å². The maximum absolute atomic E-state index is 10.9. The van der Waals surface area contributed by atoms with Crippen LogP contribution in [0.3, 0.4) is 0 Å². The van der Waals surface area contributed by atoms with Gasteiger partial charge < -0.3 is 14.9 Å². The van der Waals surface area contributed by atoms with E-state index in [1.165, 1.54) is 0 Å². The van der Waals surface area contributed by atoms with Gasteiger partial charge in [0.2, 0.25) is 0 Å². The number of nitrogens with zero attached hydrogens (tertiary/aromatic N) is 1. The van der Waals surface area contributed by atoms with Gasteiger partial charge in [-0.1, -0.05) is 30.7 Å². The van der Waals surface area contributed by atoms with Crippen molar-refractivity contribution < 1.29 is 19.7 Å². The number of carbonyl (C=O) groups is 1. The molecule has 0 radical (unpaired) electrons. The maximum Gasteiger partial charge on any atom is 0.341 e. The lowest BCUT2D eigenvalue weighted by Crippen LogP contribution is -2.12. The largest absolute Gasteiger partial charge is 0.506 e. The van der Waals surface area contributed by atoms with Crippen LogP contribution in [0.2, 0.25) is 5.02 Å². The van der Waals surface area contributed by atoms with Crippen molar-refractivity contribution in [2.75, 3.05) is 6.61 Å². The number of hydrogen-bond donors (Lipinski definition) is 2. The quantitative estimate of drug-likeness (QED) is 0.534. The molecule has 2 N–H and O–H groups in total. The molecule has 3 aromatic rings. The molecule has 0 aliphatic heterocycles. The summed E-state index contributed by atoms with van der Waals surface area (Å²) >= 11 is 6.10. The molecule has 2 aromatic carbocycles. The van der Waals surface area contributed by atoms with E-state index >= 15 is 0 Å². The first-order chi connectivity index (χ1) is 14.3. The monoisotopic (exact) mass is 425 g/mol. The van der Waals surface area contributed by atoms with E-state index in [9.17, 15) is 9.90 Å². The summed E-state index contributed by atoms with van der Waals surface area (Å²) in [6, 6.07) is 12.6. The number of benzene rings is 2. The fraction of sp³-hybridized carbons (Fsp3) is 0.250. The fourth-order valence-electron chi connectivity index (χ4n) is 3.48. The Bertz CT molecular complexity index is 1090. The second kappa shape index (κ2) is 9.18. The number of carboxylic acids is 1. The molecule has 6 heteroatoms. The van der Waals surface area contributed by atoms with Crippen molar-refractivity contribution in [2.24, 2.45) is 0 Å². The van der Waals surface area contributed by atoms with Crippen LogP contribution in [0.5, 0.6) is 11.5 Å². The zero-order valence-electron chi connectivity index (χ0n) is 17.2. The molecular weight excluding hydrogens is 402 g/mol. The number of halogens is 1. The normalized spacial score (nSPS) is 10.8. The highest BCUT2D eigenvalue weighted by molar-refractivity contribution is 6.30. The molecule has 0 spiro atoms. The molecule has 5 nitrogen and oxygen atoms in total. The summed E-state index contributed by atoms with van der Waals surface area (Å²) < 4.78 is 5.47. The Morgan fingerprint density at radius 2 is 1.90 bits per heavy atom. The SMILES string of the molecule is CCc1cc(OCC(=O)O)c(C)c(C)c1Cc1ccc(O)c(-c2cccc(Cl)c2)n1. The Hall–Kier alpha value is -3.05. The van der Waals surface area contributed by atoms with Crippen molar-refractivity contribution >= 4 is 17.6 Å². The Morgan fingerprint density at radius 1 is 1.13 bits per heavy atom. The van der Waals surface area contributed by atoms with Crippen LogP contribution in [0, 0.1) is 13.8 Å². The topological polar surface area (TPSA) is 79.7 Å². The third kappa shape index (κ3) is 4.74. The van der Waals surface area contributed by atoms with Crippen molar-refractivity contribution in [1.29, 1.82) is 0 Å². The van der Waals surface area contributed by atoms with Gasteiger partial charge in [-0.2, -0.15) is 0 Å². The number of aromatic nitrogens is 1. The van der Waals surface area contributed by atoms with Crippen molar-refractivity contribution in [1.82, 2.24) is 4.98 Å². The van der Waals surface area contributed by atoms with Gasteiger partial charge in [-0.3, -0.25) is 0 Å². The lowest BCUT2D eigenvalue weighted by atomic mass is 9.92.